The summed E-state index contributed by atoms with van der Waals surface area (Å²) in [7, 11) is 1.70. The first kappa shape index (κ1) is 22.5. The van der Waals surface area contributed by atoms with Gasteiger partial charge in [0, 0.05) is 32.2 Å². The molecule has 7 nitrogen and oxygen atoms in total. The van der Waals surface area contributed by atoms with Crippen LogP contribution in [0.1, 0.15) is 24.0 Å². The van der Waals surface area contributed by atoms with E-state index < -0.39 is 0 Å². The van der Waals surface area contributed by atoms with Gasteiger partial charge in [0.2, 0.25) is 5.91 Å². The third kappa shape index (κ3) is 5.83. The Morgan fingerprint density at radius 2 is 1.89 bits per heavy atom. The molecule has 3 N–H and O–H groups in total. The number of urea groups is 1. The molecule has 1 aromatic carbocycles. The summed E-state index contributed by atoms with van der Waals surface area (Å²) < 4.78 is 5.37. The Kier molecular flexibility index (Phi) is 8.54. The van der Waals surface area contributed by atoms with Crippen molar-refractivity contribution in [1.82, 2.24) is 20.9 Å². The Hall–Kier alpha value is -1.83. The largest absolute Gasteiger partial charge is 0.384 e. The number of carbonyl (C=O) groups is 2. The van der Waals surface area contributed by atoms with Crippen LogP contribution < -0.4 is 16.0 Å². The average Bonchev–Trinajstić information content (AvgIpc) is 2.71. The van der Waals surface area contributed by atoms with E-state index in [2.05, 4.69) is 28.1 Å². The van der Waals surface area contributed by atoms with Gasteiger partial charge < -0.3 is 25.6 Å². The van der Waals surface area contributed by atoms with Gasteiger partial charge in [-0.1, -0.05) is 24.3 Å². The van der Waals surface area contributed by atoms with Crippen LogP contribution in [0.5, 0.6) is 0 Å². The zero-order valence-corrected chi connectivity index (χ0v) is 17.3. The van der Waals surface area contributed by atoms with Crippen molar-refractivity contribution in [2.24, 2.45) is 5.41 Å². The summed E-state index contributed by atoms with van der Waals surface area (Å²) in [6.45, 7) is 4.35. The van der Waals surface area contributed by atoms with Crippen LogP contribution in [0.15, 0.2) is 24.3 Å². The molecule has 2 heterocycles. The number of nitrogens with one attached hydrogen (secondary N) is 3. The van der Waals surface area contributed by atoms with Crippen LogP contribution in [0.4, 0.5) is 4.79 Å². The second-order valence-electron chi connectivity index (χ2n) is 7.56. The quantitative estimate of drug-likeness (QED) is 0.660. The van der Waals surface area contributed by atoms with Crippen molar-refractivity contribution in [2.75, 3.05) is 46.4 Å². The zero-order valence-electron chi connectivity index (χ0n) is 16.5. The Bertz CT molecular complexity index is 659. The number of halogens is 1. The van der Waals surface area contributed by atoms with Crippen molar-refractivity contribution >= 4 is 24.3 Å². The molecule has 0 bridgehead atoms. The van der Waals surface area contributed by atoms with E-state index in [0.29, 0.717) is 26.2 Å². The smallest absolute Gasteiger partial charge is 0.318 e. The van der Waals surface area contributed by atoms with Gasteiger partial charge in [-0.15, -0.1) is 12.4 Å². The number of fused-ring (bicyclic) bond motifs is 1. The Morgan fingerprint density at radius 1 is 1.18 bits per heavy atom. The maximum absolute atomic E-state index is 12.4. The number of hydrogen-bond acceptors (Lipinski definition) is 4. The minimum Gasteiger partial charge on any atom is -0.384 e. The van der Waals surface area contributed by atoms with Crippen LogP contribution in [-0.4, -0.2) is 63.3 Å². The van der Waals surface area contributed by atoms with Gasteiger partial charge in [-0.2, -0.15) is 0 Å². The van der Waals surface area contributed by atoms with Crippen molar-refractivity contribution in [3.05, 3.63) is 35.4 Å². The highest BCUT2D eigenvalue weighted by atomic mass is 35.5. The lowest BCUT2D eigenvalue weighted by molar-refractivity contribution is -0.121. The topological polar surface area (TPSA) is 82.7 Å². The minimum atomic E-state index is -0.187. The fourth-order valence-corrected chi connectivity index (χ4v) is 3.92. The summed E-state index contributed by atoms with van der Waals surface area (Å²) in [5.41, 5.74) is 2.46. The molecule has 1 aromatic rings. The van der Waals surface area contributed by atoms with Gasteiger partial charge in [0.05, 0.1) is 13.2 Å². The Balaban J connectivity index is 0.00000280. The molecule has 156 valence electrons. The minimum absolute atomic E-state index is 0. The predicted molar refractivity (Wildman–Crippen MR) is 111 cm³/mol. The van der Waals surface area contributed by atoms with E-state index in [0.717, 1.165) is 32.4 Å². The van der Waals surface area contributed by atoms with Crippen LogP contribution >= 0.6 is 12.4 Å². The highest BCUT2D eigenvalue weighted by Gasteiger charge is 2.32. The summed E-state index contributed by atoms with van der Waals surface area (Å²) in [6, 6.07) is 7.99. The number of methoxy groups -OCH3 is 1. The molecule has 0 saturated carbocycles. The van der Waals surface area contributed by atoms with Gasteiger partial charge in [-0.05, 0) is 43.5 Å². The van der Waals surface area contributed by atoms with Crippen LogP contribution in [-0.2, 0) is 22.5 Å². The lowest BCUT2D eigenvalue weighted by atomic mass is 9.79. The molecule has 0 spiro atoms. The number of amides is 3. The molecule has 3 rings (SSSR count). The fraction of sp³-hybridized carbons (Fsp3) is 0.600. The van der Waals surface area contributed by atoms with Crippen molar-refractivity contribution in [3.63, 3.8) is 0 Å². The molecule has 1 fully saturated rings. The SMILES string of the molecule is COCC1(CNC(=O)CNC(=O)N2CCc3ccccc3C2)CCNCC1.Cl. The first-order chi connectivity index (χ1) is 13.1. The molecular weight excluding hydrogens is 380 g/mol. The molecular formula is C20H31ClN4O3. The van der Waals surface area contributed by atoms with E-state index in [1.54, 1.807) is 12.0 Å². The Morgan fingerprint density at radius 3 is 2.61 bits per heavy atom. The molecule has 0 radical (unpaired) electrons. The predicted octanol–water partition coefficient (Wildman–Crippen LogP) is 1.31. The molecule has 2 aliphatic heterocycles. The van der Waals surface area contributed by atoms with E-state index >= 15 is 0 Å². The maximum Gasteiger partial charge on any atom is 0.318 e. The van der Waals surface area contributed by atoms with E-state index in [1.807, 2.05) is 12.1 Å². The molecule has 8 heteroatoms. The molecule has 3 amide bonds. The third-order valence-electron chi connectivity index (χ3n) is 5.59. The monoisotopic (exact) mass is 410 g/mol. The molecule has 28 heavy (non-hydrogen) atoms. The lowest BCUT2D eigenvalue weighted by Gasteiger charge is -2.37. The number of carbonyl (C=O) groups excluding carboxylic acids is 2. The second-order valence-corrected chi connectivity index (χ2v) is 7.56. The molecule has 2 aliphatic rings. The molecule has 1 saturated heterocycles. The molecule has 0 atom stereocenters. The van der Waals surface area contributed by atoms with Crippen molar-refractivity contribution in [2.45, 2.75) is 25.8 Å². The Labute approximate surface area is 173 Å². The van der Waals surface area contributed by atoms with Gasteiger partial charge in [0.15, 0.2) is 0 Å². The number of ether oxygens (including phenoxy) is 1. The summed E-state index contributed by atoms with van der Waals surface area (Å²) >= 11 is 0. The third-order valence-corrected chi connectivity index (χ3v) is 5.59. The summed E-state index contributed by atoms with van der Waals surface area (Å²) in [6.07, 6.45) is 2.80. The van der Waals surface area contributed by atoms with Gasteiger partial charge in [0.25, 0.3) is 0 Å². The van der Waals surface area contributed by atoms with Crippen LogP contribution in [0.2, 0.25) is 0 Å². The van der Waals surface area contributed by atoms with Crippen molar-refractivity contribution in [3.8, 4) is 0 Å². The lowest BCUT2D eigenvalue weighted by Crippen LogP contribution is -2.50. The van der Waals surface area contributed by atoms with Crippen LogP contribution in [0.25, 0.3) is 0 Å². The first-order valence-electron chi connectivity index (χ1n) is 9.68. The van der Waals surface area contributed by atoms with Crippen LogP contribution in [0.3, 0.4) is 0 Å². The van der Waals surface area contributed by atoms with E-state index in [1.165, 1.54) is 11.1 Å². The number of benzene rings is 1. The maximum atomic E-state index is 12.4. The standard InChI is InChI=1S/C20H30N4O3.ClH/c1-27-15-20(7-9-21-10-8-20)14-23-18(25)12-22-19(26)24-11-6-16-4-2-3-5-17(16)13-24;/h2-5,21H,6-15H2,1H3,(H,22,26)(H,23,25);1H. The summed E-state index contributed by atoms with van der Waals surface area (Å²) in [5, 5.41) is 9.06. The normalized spacial score (nSPS) is 17.8. The zero-order chi connectivity index (χ0) is 19.1. The first-order valence-corrected chi connectivity index (χ1v) is 9.68. The van der Waals surface area contributed by atoms with Gasteiger partial charge >= 0.3 is 6.03 Å². The van der Waals surface area contributed by atoms with E-state index in [-0.39, 0.29) is 36.3 Å². The number of piperidine rings is 1. The van der Waals surface area contributed by atoms with Crippen molar-refractivity contribution < 1.29 is 14.3 Å². The van der Waals surface area contributed by atoms with Gasteiger partial charge in [0.1, 0.15) is 0 Å². The highest BCUT2D eigenvalue weighted by Crippen LogP contribution is 2.28. The average molecular weight is 411 g/mol. The highest BCUT2D eigenvalue weighted by molar-refractivity contribution is 5.85. The van der Waals surface area contributed by atoms with E-state index in [9.17, 15) is 9.59 Å². The van der Waals surface area contributed by atoms with Gasteiger partial charge in [-0.25, -0.2) is 4.79 Å². The molecule has 0 unspecified atom stereocenters. The fourth-order valence-electron chi connectivity index (χ4n) is 3.92. The summed E-state index contributed by atoms with van der Waals surface area (Å²) in [5.74, 6) is -0.158. The van der Waals surface area contributed by atoms with Gasteiger partial charge in [-0.3, -0.25) is 4.79 Å². The molecule has 0 aromatic heterocycles. The second kappa shape index (κ2) is 10.6. The molecule has 0 aliphatic carbocycles. The number of nitrogens with zero attached hydrogens (tertiary/aromatic N) is 1. The summed E-state index contributed by atoms with van der Waals surface area (Å²) in [4.78, 5) is 26.4. The van der Waals surface area contributed by atoms with E-state index in [4.69, 9.17) is 4.74 Å². The van der Waals surface area contributed by atoms with Crippen LogP contribution in [0, 0.1) is 5.41 Å². The number of rotatable bonds is 6. The van der Waals surface area contributed by atoms with Crippen molar-refractivity contribution in [1.29, 1.82) is 0 Å². The number of hydrogen-bond donors (Lipinski definition) is 3.